The van der Waals surface area contributed by atoms with Crippen molar-refractivity contribution in [3.8, 4) is 5.75 Å². The summed E-state index contributed by atoms with van der Waals surface area (Å²) in [5, 5.41) is 4.17. The van der Waals surface area contributed by atoms with Gasteiger partial charge in [-0.05, 0) is 24.3 Å². The number of rotatable bonds is 3. The highest BCUT2D eigenvalue weighted by atomic mass is 35.5. The largest absolute Gasteiger partial charge is 0.497 e. The molecule has 0 unspecified atom stereocenters. The summed E-state index contributed by atoms with van der Waals surface area (Å²) >= 11 is 12.2. The first kappa shape index (κ1) is 15.8. The van der Waals surface area contributed by atoms with Gasteiger partial charge >= 0.3 is 0 Å². The van der Waals surface area contributed by atoms with Crippen LogP contribution < -0.4 is 10.1 Å². The van der Waals surface area contributed by atoms with E-state index in [2.05, 4.69) is 15.3 Å². The monoisotopic (exact) mass is 343 g/mol. The molecule has 3 rings (SSSR count). The minimum Gasteiger partial charge on any atom is -0.497 e. The third-order valence-corrected chi connectivity index (χ3v) is 3.53. The molecule has 4 nitrogen and oxygen atoms in total. The molecule has 7 heteroatoms. The van der Waals surface area contributed by atoms with Crippen molar-refractivity contribution in [2.45, 2.75) is 0 Å². The van der Waals surface area contributed by atoms with Crippen LogP contribution in [-0.4, -0.2) is 17.1 Å². The fourth-order valence-electron chi connectivity index (χ4n) is 1.91. The highest BCUT2D eigenvalue weighted by Gasteiger charge is 2.09. The molecule has 0 fully saturated rings. The van der Waals surface area contributed by atoms with Gasteiger partial charge in [0.25, 0.3) is 0 Å². The minimum absolute atomic E-state index is 0. The topological polar surface area (TPSA) is 49.9 Å². The normalized spacial score (nSPS) is 10.2. The van der Waals surface area contributed by atoms with Gasteiger partial charge in [-0.1, -0.05) is 29.3 Å². The summed E-state index contributed by atoms with van der Waals surface area (Å²) in [6, 6.07) is 10.9. The van der Waals surface area contributed by atoms with E-state index in [0.29, 0.717) is 21.7 Å². The molecular formula is C14H12Cl3N3O. The Bertz CT molecular complexity index is 753. The molecule has 1 aromatic heterocycles. The summed E-state index contributed by atoms with van der Waals surface area (Å²) in [6.07, 6.45) is 0. The molecule has 0 aliphatic carbocycles. The quantitative estimate of drug-likeness (QED) is 0.699. The predicted molar refractivity (Wildman–Crippen MR) is 89.6 cm³/mol. The second kappa shape index (κ2) is 6.43. The van der Waals surface area contributed by atoms with Gasteiger partial charge in [-0.2, -0.15) is 0 Å². The molecule has 0 bridgehead atoms. The number of nitrogens with one attached hydrogen (secondary N) is 2. The molecule has 110 valence electrons. The van der Waals surface area contributed by atoms with Crippen LogP contribution in [0.25, 0.3) is 11.0 Å². The Labute approximate surface area is 137 Å². The Kier molecular flexibility index (Phi) is 4.83. The number of aromatic nitrogens is 2. The average Bonchev–Trinajstić information content (AvgIpc) is 2.84. The van der Waals surface area contributed by atoms with Crippen LogP contribution in [0.2, 0.25) is 10.0 Å². The van der Waals surface area contributed by atoms with Gasteiger partial charge in [0, 0.05) is 6.07 Å². The maximum Gasteiger partial charge on any atom is 0.205 e. The summed E-state index contributed by atoms with van der Waals surface area (Å²) in [4.78, 5) is 7.59. The van der Waals surface area contributed by atoms with Gasteiger partial charge < -0.3 is 15.0 Å². The number of imidazole rings is 1. The smallest absolute Gasteiger partial charge is 0.205 e. The van der Waals surface area contributed by atoms with Gasteiger partial charge in [-0.15, -0.1) is 12.4 Å². The molecule has 1 heterocycles. The summed E-state index contributed by atoms with van der Waals surface area (Å²) in [5.41, 5.74) is 2.33. The average molecular weight is 345 g/mol. The van der Waals surface area contributed by atoms with Crippen molar-refractivity contribution >= 4 is 58.3 Å². The van der Waals surface area contributed by atoms with Crippen molar-refractivity contribution in [1.82, 2.24) is 9.97 Å². The van der Waals surface area contributed by atoms with Gasteiger partial charge in [0.15, 0.2) is 0 Å². The van der Waals surface area contributed by atoms with Crippen LogP contribution >= 0.6 is 35.6 Å². The number of fused-ring (bicyclic) bond motifs is 1. The lowest BCUT2D eigenvalue weighted by atomic mass is 10.3. The molecule has 0 radical (unpaired) electrons. The van der Waals surface area contributed by atoms with Crippen molar-refractivity contribution < 1.29 is 4.74 Å². The maximum atomic E-state index is 6.12. The molecule has 21 heavy (non-hydrogen) atoms. The number of aromatic amines is 1. The van der Waals surface area contributed by atoms with Crippen LogP contribution in [0.3, 0.4) is 0 Å². The molecule has 0 saturated heterocycles. The van der Waals surface area contributed by atoms with Gasteiger partial charge in [-0.25, -0.2) is 4.98 Å². The van der Waals surface area contributed by atoms with Crippen molar-refractivity contribution in [3.63, 3.8) is 0 Å². The van der Waals surface area contributed by atoms with E-state index in [1.807, 2.05) is 18.2 Å². The van der Waals surface area contributed by atoms with E-state index < -0.39 is 0 Å². The lowest BCUT2D eigenvalue weighted by Crippen LogP contribution is -1.93. The second-order valence-corrected chi connectivity index (χ2v) is 5.00. The Morgan fingerprint density at radius 3 is 2.52 bits per heavy atom. The molecule has 3 aromatic rings. The standard InChI is InChI=1S/C14H11Cl2N3O.ClH/c1-20-8-5-6-11-12(7-8)18-14(17-11)19-13-9(15)3-2-4-10(13)16;/h2-7H,1H3,(H2,17,18,19);1H. The zero-order valence-corrected chi connectivity index (χ0v) is 13.3. The number of anilines is 2. The second-order valence-electron chi connectivity index (χ2n) is 4.19. The van der Waals surface area contributed by atoms with Gasteiger partial charge in [0.2, 0.25) is 5.95 Å². The van der Waals surface area contributed by atoms with E-state index in [4.69, 9.17) is 27.9 Å². The first-order chi connectivity index (χ1) is 9.67. The molecule has 0 aliphatic rings. The lowest BCUT2D eigenvalue weighted by molar-refractivity contribution is 0.415. The summed E-state index contributed by atoms with van der Waals surface area (Å²) < 4.78 is 5.17. The molecule has 0 amide bonds. The highest BCUT2D eigenvalue weighted by molar-refractivity contribution is 6.39. The van der Waals surface area contributed by atoms with E-state index in [0.717, 1.165) is 16.8 Å². The van der Waals surface area contributed by atoms with E-state index >= 15 is 0 Å². The minimum atomic E-state index is 0. The summed E-state index contributed by atoms with van der Waals surface area (Å²) in [5.74, 6) is 1.33. The lowest BCUT2D eigenvalue weighted by Gasteiger charge is -2.06. The maximum absolute atomic E-state index is 6.12. The number of ether oxygens (including phenoxy) is 1. The number of hydrogen-bond acceptors (Lipinski definition) is 3. The van der Waals surface area contributed by atoms with Gasteiger partial charge in [0.05, 0.1) is 33.9 Å². The first-order valence-electron chi connectivity index (χ1n) is 5.92. The third-order valence-electron chi connectivity index (χ3n) is 2.90. The molecule has 2 aromatic carbocycles. The van der Waals surface area contributed by atoms with Crippen molar-refractivity contribution in [1.29, 1.82) is 0 Å². The zero-order chi connectivity index (χ0) is 14.1. The third kappa shape index (κ3) is 3.18. The van der Waals surface area contributed by atoms with Crippen molar-refractivity contribution in [2.24, 2.45) is 0 Å². The number of halogens is 3. The Morgan fingerprint density at radius 1 is 1.14 bits per heavy atom. The van der Waals surface area contributed by atoms with Crippen LogP contribution in [0.4, 0.5) is 11.6 Å². The number of nitrogens with zero attached hydrogens (tertiary/aromatic N) is 1. The van der Waals surface area contributed by atoms with Gasteiger partial charge in [0.1, 0.15) is 5.75 Å². The summed E-state index contributed by atoms with van der Waals surface area (Å²) in [7, 11) is 1.62. The van der Waals surface area contributed by atoms with E-state index in [-0.39, 0.29) is 12.4 Å². The molecule has 2 N–H and O–H groups in total. The fraction of sp³-hybridized carbons (Fsp3) is 0.0714. The molecule has 0 atom stereocenters. The van der Waals surface area contributed by atoms with Crippen LogP contribution in [0.15, 0.2) is 36.4 Å². The highest BCUT2D eigenvalue weighted by Crippen LogP contribution is 2.32. The number of H-pyrrole nitrogens is 1. The first-order valence-corrected chi connectivity index (χ1v) is 6.68. The predicted octanol–water partition coefficient (Wildman–Crippen LogP) is 5.04. The van der Waals surface area contributed by atoms with Crippen LogP contribution in [-0.2, 0) is 0 Å². The Morgan fingerprint density at radius 2 is 1.86 bits per heavy atom. The SMILES string of the molecule is COc1ccc2[nH]c(Nc3c(Cl)cccc3Cl)nc2c1.Cl. The molecular weight excluding hydrogens is 333 g/mol. The molecule has 0 spiro atoms. The number of para-hydroxylation sites is 1. The van der Waals surface area contributed by atoms with E-state index in [1.165, 1.54) is 0 Å². The van der Waals surface area contributed by atoms with Gasteiger partial charge in [-0.3, -0.25) is 0 Å². The zero-order valence-electron chi connectivity index (χ0n) is 11.0. The fourth-order valence-corrected chi connectivity index (χ4v) is 2.40. The Hall–Kier alpha value is -1.62. The van der Waals surface area contributed by atoms with Crippen LogP contribution in [0, 0.1) is 0 Å². The van der Waals surface area contributed by atoms with E-state index in [9.17, 15) is 0 Å². The number of benzene rings is 2. The molecule has 0 saturated carbocycles. The Balaban J connectivity index is 0.00000161. The number of hydrogen-bond donors (Lipinski definition) is 2. The van der Waals surface area contributed by atoms with E-state index in [1.54, 1.807) is 25.3 Å². The van der Waals surface area contributed by atoms with Crippen molar-refractivity contribution in [3.05, 3.63) is 46.4 Å². The summed E-state index contributed by atoms with van der Waals surface area (Å²) in [6.45, 7) is 0. The molecule has 0 aliphatic heterocycles. The number of methoxy groups -OCH3 is 1. The van der Waals surface area contributed by atoms with Crippen LogP contribution in [0.1, 0.15) is 0 Å². The van der Waals surface area contributed by atoms with Crippen LogP contribution in [0.5, 0.6) is 5.75 Å². The van der Waals surface area contributed by atoms with Crippen molar-refractivity contribution in [2.75, 3.05) is 12.4 Å².